The van der Waals surface area contributed by atoms with Crippen molar-refractivity contribution in [1.29, 1.82) is 0 Å². The van der Waals surface area contributed by atoms with Crippen LogP contribution < -0.4 is 9.64 Å². The fraction of sp³-hybridized carbons (Fsp3) is 0.200. The number of pyridine rings is 1. The number of ether oxygens (including phenoxy) is 1. The molecule has 0 spiro atoms. The van der Waals surface area contributed by atoms with Gasteiger partial charge in [0.05, 0.1) is 5.52 Å². The molecular formula is C25H23N5O2. The van der Waals surface area contributed by atoms with Crippen molar-refractivity contribution >= 4 is 22.6 Å². The summed E-state index contributed by atoms with van der Waals surface area (Å²) in [4.78, 5) is 30.5. The van der Waals surface area contributed by atoms with E-state index in [-0.39, 0.29) is 5.91 Å². The number of hydrogen-bond donors (Lipinski definition) is 0. The zero-order valence-electron chi connectivity index (χ0n) is 17.8. The van der Waals surface area contributed by atoms with Crippen molar-refractivity contribution in [3.63, 3.8) is 0 Å². The number of benzene rings is 2. The molecule has 7 nitrogen and oxygen atoms in total. The van der Waals surface area contributed by atoms with E-state index in [1.165, 1.54) is 0 Å². The fourth-order valence-corrected chi connectivity index (χ4v) is 3.83. The first-order valence-corrected chi connectivity index (χ1v) is 10.6. The van der Waals surface area contributed by atoms with Gasteiger partial charge in [-0.3, -0.25) is 4.79 Å². The van der Waals surface area contributed by atoms with Crippen LogP contribution in [0.2, 0.25) is 0 Å². The van der Waals surface area contributed by atoms with Gasteiger partial charge >= 0.3 is 0 Å². The van der Waals surface area contributed by atoms with Gasteiger partial charge in [-0.25, -0.2) is 9.97 Å². The molecule has 2 aromatic heterocycles. The SMILES string of the molecule is Cc1nc(Oc2ccccc2)cc(N2CCN(C(=O)c3ccc4ccccc4n3)CC2)n1. The Morgan fingerprint density at radius 2 is 1.59 bits per heavy atom. The predicted octanol–water partition coefficient (Wildman–Crippen LogP) is 4.09. The fourth-order valence-electron chi connectivity index (χ4n) is 3.83. The van der Waals surface area contributed by atoms with Crippen molar-refractivity contribution in [3.8, 4) is 11.6 Å². The number of aryl methyl sites for hydroxylation is 1. The molecule has 4 aromatic rings. The van der Waals surface area contributed by atoms with Crippen LogP contribution in [0.5, 0.6) is 11.6 Å². The molecule has 1 aliphatic heterocycles. The lowest BCUT2D eigenvalue weighted by molar-refractivity contribution is 0.0741. The lowest BCUT2D eigenvalue weighted by Crippen LogP contribution is -2.49. The number of nitrogens with zero attached hydrogens (tertiary/aromatic N) is 5. The Balaban J connectivity index is 1.27. The van der Waals surface area contributed by atoms with E-state index < -0.39 is 0 Å². The van der Waals surface area contributed by atoms with Gasteiger partial charge < -0.3 is 14.5 Å². The van der Waals surface area contributed by atoms with Gasteiger partial charge in [0.2, 0.25) is 5.88 Å². The van der Waals surface area contributed by atoms with Crippen LogP contribution in [0.25, 0.3) is 10.9 Å². The molecule has 3 heterocycles. The van der Waals surface area contributed by atoms with Crippen molar-refractivity contribution in [1.82, 2.24) is 19.9 Å². The van der Waals surface area contributed by atoms with Crippen LogP contribution in [-0.2, 0) is 0 Å². The molecule has 0 saturated carbocycles. The smallest absolute Gasteiger partial charge is 0.272 e. The quantitative estimate of drug-likeness (QED) is 0.491. The van der Waals surface area contributed by atoms with Crippen LogP contribution in [-0.4, -0.2) is 51.9 Å². The van der Waals surface area contributed by atoms with Gasteiger partial charge in [0, 0.05) is 37.6 Å². The molecule has 1 aliphatic rings. The van der Waals surface area contributed by atoms with Crippen molar-refractivity contribution in [2.75, 3.05) is 31.1 Å². The molecule has 7 heteroatoms. The topological polar surface area (TPSA) is 71.5 Å². The molecule has 1 fully saturated rings. The molecular weight excluding hydrogens is 402 g/mol. The normalized spacial score (nSPS) is 13.9. The summed E-state index contributed by atoms with van der Waals surface area (Å²) in [5.41, 5.74) is 1.31. The van der Waals surface area contributed by atoms with Gasteiger partial charge in [0.25, 0.3) is 5.91 Å². The highest BCUT2D eigenvalue weighted by atomic mass is 16.5. The summed E-state index contributed by atoms with van der Waals surface area (Å²) in [6, 6.07) is 23.0. The molecule has 1 saturated heterocycles. The molecule has 0 N–H and O–H groups in total. The van der Waals surface area contributed by atoms with Crippen LogP contribution in [0, 0.1) is 6.92 Å². The number of rotatable bonds is 4. The van der Waals surface area contributed by atoms with Crippen LogP contribution >= 0.6 is 0 Å². The Morgan fingerprint density at radius 3 is 2.41 bits per heavy atom. The van der Waals surface area contributed by atoms with Crippen molar-refractivity contribution in [3.05, 3.63) is 84.3 Å². The van der Waals surface area contributed by atoms with Gasteiger partial charge in [-0.05, 0) is 31.2 Å². The average Bonchev–Trinajstić information content (AvgIpc) is 2.84. The summed E-state index contributed by atoms with van der Waals surface area (Å²) in [6.07, 6.45) is 0. The third-order valence-corrected chi connectivity index (χ3v) is 5.47. The largest absolute Gasteiger partial charge is 0.439 e. The van der Waals surface area contributed by atoms with E-state index in [0.717, 1.165) is 22.5 Å². The van der Waals surface area contributed by atoms with E-state index in [4.69, 9.17) is 4.74 Å². The minimum atomic E-state index is -0.0395. The second-order valence-corrected chi connectivity index (χ2v) is 7.70. The summed E-state index contributed by atoms with van der Waals surface area (Å²) in [5, 5.41) is 1.03. The van der Waals surface area contributed by atoms with Crippen LogP contribution in [0.1, 0.15) is 16.3 Å². The van der Waals surface area contributed by atoms with Crippen molar-refractivity contribution < 1.29 is 9.53 Å². The number of fused-ring (bicyclic) bond motifs is 1. The number of carbonyl (C=O) groups is 1. The van der Waals surface area contributed by atoms with Gasteiger partial charge in [-0.1, -0.05) is 42.5 Å². The second kappa shape index (κ2) is 8.63. The number of piperazine rings is 1. The molecule has 1 amide bonds. The zero-order chi connectivity index (χ0) is 21.9. The number of anilines is 1. The number of carbonyl (C=O) groups excluding carboxylic acids is 1. The van der Waals surface area contributed by atoms with E-state index in [9.17, 15) is 4.79 Å². The van der Waals surface area contributed by atoms with Crippen molar-refractivity contribution in [2.24, 2.45) is 0 Å². The lowest BCUT2D eigenvalue weighted by Gasteiger charge is -2.35. The summed E-state index contributed by atoms with van der Waals surface area (Å²) in [6.45, 7) is 4.42. The molecule has 5 rings (SSSR count). The summed E-state index contributed by atoms with van der Waals surface area (Å²) < 4.78 is 5.89. The Kier molecular flexibility index (Phi) is 5.37. The van der Waals surface area contributed by atoms with Gasteiger partial charge in [0.1, 0.15) is 23.1 Å². The predicted molar refractivity (Wildman–Crippen MR) is 123 cm³/mol. The minimum absolute atomic E-state index is 0.0395. The van der Waals surface area contributed by atoms with E-state index >= 15 is 0 Å². The third-order valence-electron chi connectivity index (χ3n) is 5.47. The molecule has 32 heavy (non-hydrogen) atoms. The number of aromatic nitrogens is 3. The number of amides is 1. The van der Waals surface area contributed by atoms with Crippen LogP contribution in [0.15, 0.2) is 72.8 Å². The lowest BCUT2D eigenvalue weighted by atomic mass is 10.2. The summed E-state index contributed by atoms with van der Waals surface area (Å²) in [7, 11) is 0. The highest BCUT2D eigenvalue weighted by Crippen LogP contribution is 2.24. The number of hydrogen-bond acceptors (Lipinski definition) is 6. The van der Waals surface area contributed by atoms with Crippen LogP contribution in [0.4, 0.5) is 5.82 Å². The minimum Gasteiger partial charge on any atom is -0.439 e. The zero-order valence-corrected chi connectivity index (χ0v) is 17.8. The summed E-state index contributed by atoms with van der Waals surface area (Å²) in [5.74, 6) is 2.65. The molecule has 2 aromatic carbocycles. The molecule has 0 bridgehead atoms. The molecule has 0 aliphatic carbocycles. The molecule has 0 atom stereocenters. The van der Waals surface area contributed by atoms with E-state index in [1.807, 2.05) is 78.6 Å². The number of para-hydroxylation sites is 2. The van der Waals surface area contributed by atoms with E-state index in [2.05, 4.69) is 19.9 Å². The Bertz CT molecular complexity index is 1250. The first kappa shape index (κ1) is 19.9. The highest BCUT2D eigenvalue weighted by molar-refractivity contribution is 5.95. The molecule has 0 radical (unpaired) electrons. The Hall–Kier alpha value is -4.00. The van der Waals surface area contributed by atoms with Gasteiger partial charge in [-0.15, -0.1) is 0 Å². The third kappa shape index (κ3) is 4.23. The van der Waals surface area contributed by atoms with E-state index in [1.54, 1.807) is 6.07 Å². The monoisotopic (exact) mass is 425 g/mol. The first-order chi connectivity index (χ1) is 15.7. The maximum atomic E-state index is 13.0. The maximum absolute atomic E-state index is 13.0. The Morgan fingerprint density at radius 1 is 0.844 bits per heavy atom. The Labute approximate surface area is 186 Å². The highest BCUT2D eigenvalue weighted by Gasteiger charge is 2.24. The molecule has 0 unspecified atom stereocenters. The average molecular weight is 425 g/mol. The molecule has 160 valence electrons. The van der Waals surface area contributed by atoms with Gasteiger partial charge in [0.15, 0.2) is 0 Å². The van der Waals surface area contributed by atoms with Crippen LogP contribution in [0.3, 0.4) is 0 Å². The first-order valence-electron chi connectivity index (χ1n) is 10.6. The maximum Gasteiger partial charge on any atom is 0.272 e. The van der Waals surface area contributed by atoms with E-state index in [0.29, 0.717) is 43.6 Å². The summed E-state index contributed by atoms with van der Waals surface area (Å²) >= 11 is 0. The second-order valence-electron chi connectivity index (χ2n) is 7.70. The van der Waals surface area contributed by atoms with Crippen molar-refractivity contribution in [2.45, 2.75) is 6.92 Å². The standard InChI is InChI=1S/C25H23N5O2/c1-18-26-23(17-24(27-18)32-20-8-3-2-4-9-20)29-13-15-30(16-14-29)25(31)22-12-11-19-7-5-6-10-21(19)28-22/h2-12,17H,13-16H2,1H3. The van der Waals surface area contributed by atoms with Gasteiger partial charge in [-0.2, -0.15) is 4.98 Å².